The Hall–Kier alpha value is -0.830. The van der Waals surface area contributed by atoms with E-state index >= 15 is 0 Å². The van der Waals surface area contributed by atoms with Gasteiger partial charge in [0.2, 0.25) is 0 Å². The zero-order chi connectivity index (χ0) is 5.98. The van der Waals surface area contributed by atoms with Gasteiger partial charge in [-0.15, -0.1) is 0 Å². The van der Waals surface area contributed by atoms with E-state index in [0.29, 0.717) is 0 Å². The number of halogens is 1. The first-order chi connectivity index (χ1) is 3.79. The molecule has 1 aromatic rings. The Morgan fingerprint density at radius 3 is 2.62 bits per heavy atom. The molecule has 42 valence electrons. The molecular weight excluding hydrogens is 128 g/mol. The van der Waals surface area contributed by atoms with Gasteiger partial charge in [-0.2, -0.15) is 0 Å². The van der Waals surface area contributed by atoms with E-state index in [4.69, 9.17) is 11.6 Å². The van der Waals surface area contributed by atoms with Crippen molar-refractivity contribution in [1.29, 1.82) is 0 Å². The van der Waals surface area contributed by atoms with Gasteiger partial charge in [-0.3, -0.25) is 4.98 Å². The van der Waals surface area contributed by atoms with Gasteiger partial charge in [0.05, 0.1) is 6.20 Å². The van der Waals surface area contributed by atoms with Gasteiger partial charge in [0.15, 0.2) is 0 Å². The Bertz CT molecular complexity index is 174. The number of aromatic nitrogens is 2. The molecule has 3 nitrogen and oxygen atoms in total. The fourth-order valence-electron chi connectivity index (χ4n) is 0.326. The standard InChI is InChI=1S/C4H3ClN2O/c5-3-1-6-2-4(8)7-3/h1-2H,(H,7,8)/p-1. The van der Waals surface area contributed by atoms with Gasteiger partial charge in [0, 0.05) is 12.1 Å². The maximum Gasteiger partial charge on any atom is 0.146 e. The van der Waals surface area contributed by atoms with Gasteiger partial charge < -0.3 is 5.11 Å². The molecule has 4 heteroatoms. The molecule has 1 heterocycles. The summed E-state index contributed by atoms with van der Waals surface area (Å²) in [7, 11) is 0. The van der Waals surface area contributed by atoms with Crippen molar-refractivity contribution in [3.8, 4) is 5.88 Å². The van der Waals surface area contributed by atoms with Gasteiger partial charge in [0.1, 0.15) is 5.15 Å². The molecule has 1 rings (SSSR count). The summed E-state index contributed by atoms with van der Waals surface area (Å²) in [4.78, 5) is 6.80. The van der Waals surface area contributed by atoms with E-state index in [2.05, 4.69) is 9.97 Å². The minimum Gasteiger partial charge on any atom is -0.858 e. The first-order valence-electron chi connectivity index (χ1n) is 1.93. The molecule has 0 saturated carbocycles. The van der Waals surface area contributed by atoms with Crippen LogP contribution in [0.2, 0.25) is 5.15 Å². The van der Waals surface area contributed by atoms with Crippen LogP contribution in [0.5, 0.6) is 5.88 Å². The predicted octanol–water partition coefficient (Wildman–Crippen LogP) is 0.204. The average Bonchev–Trinajstić information content (AvgIpc) is 1.64. The molecule has 0 aliphatic heterocycles. The lowest BCUT2D eigenvalue weighted by Crippen LogP contribution is -1.93. The highest BCUT2D eigenvalue weighted by Gasteiger charge is 1.81. The molecule has 1 aromatic heterocycles. The molecule has 8 heavy (non-hydrogen) atoms. The highest BCUT2D eigenvalue weighted by molar-refractivity contribution is 6.29. The number of nitrogens with zero attached hydrogens (tertiary/aromatic N) is 2. The Balaban J connectivity index is 3.08. The molecule has 0 saturated heterocycles. The second-order valence-electron chi connectivity index (χ2n) is 1.18. The van der Waals surface area contributed by atoms with Crippen molar-refractivity contribution in [1.82, 2.24) is 9.97 Å². The number of rotatable bonds is 0. The molecule has 0 amide bonds. The van der Waals surface area contributed by atoms with Crippen LogP contribution in [0.4, 0.5) is 0 Å². The van der Waals surface area contributed by atoms with Crippen LogP contribution in [0.15, 0.2) is 12.4 Å². The highest BCUT2D eigenvalue weighted by Crippen LogP contribution is 2.02. The van der Waals surface area contributed by atoms with Crippen LogP contribution in [-0.4, -0.2) is 9.97 Å². The lowest BCUT2D eigenvalue weighted by molar-refractivity contribution is -0.275. The molecular formula is C4H2ClN2O-. The molecule has 0 N–H and O–H groups in total. The van der Waals surface area contributed by atoms with Crippen molar-refractivity contribution in [2.75, 3.05) is 0 Å². The van der Waals surface area contributed by atoms with Crippen molar-refractivity contribution in [2.45, 2.75) is 0 Å². The molecule has 0 aliphatic carbocycles. The van der Waals surface area contributed by atoms with Crippen molar-refractivity contribution < 1.29 is 5.11 Å². The molecule has 0 aromatic carbocycles. The summed E-state index contributed by atoms with van der Waals surface area (Å²) < 4.78 is 0. The first-order valence-corrected chi connectivity index (χ1v) is 2.31. The van der Waals surface area contributed by atoms with Gasteiger partial charge in [0.25, 0.3) is 0 Å². The summed E-state index contributed by atoms with van der Waals surface area (Å²) >= 11 is 5.27. The van der Waals surface area contributed by atoms with Gasteiger partial charge in [-0.1, -0.05) is 11.6 Å². The van der Waals surface area contributed by atoms with Crippen LogP contribution in [-0.2, 0) is 0 Å². The zero-order valence-electron chi connectivity index (χ0n) is 3.84. The molecule has 0 spiro atoms. The molecule has 0 unspecified atom stereocenters. The number of hydrogen-bond acceptors (Lipinski definition) is 3. The Kier molecular flexibility index (Phi) is 1.30. The monoisotopic (exact) mass is 129 g/mol. The highest BCUT2D eigenvalue weighted by atomic mass is 35.5. The average molecular weight is 130 g/mol. The summed E-state index contributed by atoms with van der Waals surface area (Å²) in [6.45, 7) is 0. The van der Waals surface area contributed by atoms with Gasteiger partial charge >= 0.3 is 0 Å². The van der Waals surface area contributed by atoms with E-state index in [9.17, 15) is 5.11 Å². The van der Waals surface area contributed by atoms with Crippen molar-refractivity contribution in [3.05, 3.63) is 17.5 Å². The Morgan fingerprint density at radius 2 is 2.25 bits per heavy atom. The number of hydrogen-bond donors (Lipinski definition) is 0. The van der Waals surface area contributed by atoms with Crippen LogP contribution < -0.4 is 5.11 Å². The van der Waals surface area contributed by atoms with E-state index in [-0.39, 0.29) is 5.15 Å². The molecule has 0 radical (unpaired) electrons. The smallest absolute Gasteiger partial charge is 0.146 e. The molecule has 0 bridgehead atoms. The summed E-state index contributed by atoms with van der Waals surface area (Å²) in [5.74, 6) is -0.405. The predicted molar refractivity (Wildman–Crippen MR) is 26.5 cm³/mol. The third-order valence-corrected chi connectivity index (χ3v) is 0.765. The van der Waals surface area contributed by atoms with Crippen LogP contribution in [0.3, 0.4) is 0 Å². The quantitative estimate of drug-likeness (QED) is 0.503. The van der Waals surface area contributed by atoms with Gasteiger partial charge in [-0.05, 0) is 0 Å². The fourth-order valence-corrected chi connectivity index (χ4v) is 0.465. The van der Waals surface area contributed by atoms with Crippen molar-refractivity contribution in [2.24, 2.45) is 0 Å². The van der Waals surface area contributed by atoms with E-state index in [1.807, 2.05) is 0 Å². The summed E-state index contributed by atoms with van der Waals surface area (Å²) in [6, 6.07) is 0. The summed E-state index contributed by atoms with van der Waals surface area (Å²) in [5.41, 5.74) is 0. The lowest BCUT2D eigenvalue weighted by Gasteiger charge is -1.98. The fraction of sp³-hybridized carbons (Fsp3) is 0. The SMILES string of the molecule is [O-]c1cncc(Cl)n1. The van der Waals surface area contributed by atoms with Gasteiger partial charge in [-0.25, -0.2) is 4.98 Å². The van der Waals surface area contributed by atoms with Crippen LogP contribution in [0.1, 0.15) is 0 Å². The normalized spacial score (nSPS) is 9.12. The second-order valence-corrected chi connectivity index (χ2v) is 1.57. The van der Waals surface area contributed by atoms with E-state index in [0.717, 1.165) is 6.20 Å². The van der Waals surface area contributed by atoms with Crippen molar-refractivity contribution in [3.63, 3.8) is 0 Å². The maximum atomic E-state index is 10.2. The zero-order valence-corrected chi connectivity index (χ0v) is 4.59. The third kappa shape index (κ3) is 1.07. The topological polar surface area (TPSA) is 48.8 Å². The maximum absolute atomic E-state index is 10.2. The summed E-state index contributed by atoms with van der Waals surface area (Å²) in [5, 5.41) is 10.4. The van der Waals surface area contributed by atoms with Crippen LogP contribution in [0, 0.1) is 0 Å². The van der Waals surface area contributed by atoms with Crippen LogP contribution >= 0.6 is 11.6 Å². The lowest BCUT2D eigenvalue weighted by atomic mass is 10.7. The Labute approximate surface area is 51.0 Å². The first kappa shape index (κ1) is 5.31. The molecule has 0 atom stereocenters. The largest absolute Gasteiger partial charge is 0.858 e. The van der Waals surface area contributed by atoms with E-state index < -0.39 is 5.88 Å². The minimum atomic E-state index is -0.405. The Morgan fingerprint density at radius 1 is 1.50 bits per heavy atom. The molecule has 0 fully saturated rings. The third-order valence-electron chi connectivity index (χ3n) is 0.583. The second kappa shape index (κ2) is 1.96. The minimum absolute atomic E-state index is 0.137. The van der Waals surface area contributed by atoms with E-state index in [1.54, 1.807) is 0 Å². The molecule has 0 aliphatic rings. The van der Waals surface area contributed by atoms with E-state index in [1.165, 1.54) is 6.20 Å². The van der Waals surface area contributed by atoms with Crippen LogP contribution in [0.25, 0.3) is 0 Å². The summed E-state index contributed by atoms with van der Waals surface area (Å²) in [6.07, 6.45) is 2.41. The van der Waals surface area contributed by atoms with Crippen molar-refractivity contribution >= 4 is 11.6 Å².